The lowest BCUT2D eigenvalue weighted by atomic mass is 9.95. The number of nitrogens with zero attached hydrogens (tertiary/aromatic N) is 3. The van der Waals surface area contributed by atoms with Gasteiger partial charge < -0.3 is 4.74 Å². The number of hydrogen-bond donors (Lipinski definition) is 0. The van der Waals surface area contributed by atoms with Crippen LogP contribution in [0.25, 0.3) is 11.1 Å². The molecule has 1 heterocycles. The van der Waals surface area contributed by atoms with E-state index in [0.717, 1.165) is 46.9 Å². The molecule has 0 unspecified atom stereocenters. The highest BCUT2D eigenvalue weighted by Crippen LogP contribution is 2.38. The molecule has 0 N–H and O–H groups in total. The van der Waals surface area contributed by atoms with Crippen molar-refractivity contribution in [3.8, 4) is 29.0 Å². The van der Waals surface area contributed by atoms with E-state index in [0.29, 0.717) is 17.7 Å². The number of pyridine rings is 1. The fourth-order valence-corrected chi connectivity index (χ4v) is 3.89. The second kappa shape index (κ2) is 7.38. The summed E-state index contributed by atoms with van der Waals surface area (Å²) >= 11 is 1.50. The second-order valence-electron chi connectivity index (χ2n) is 5.54. The summed E-state index contributed by atoms with van der Waals surface area (Å²) in [7, 11) is 1.64. The number of aromatic nitrogens is 1. The van der Waals surface area contributed by atoms with Crippen molar-refractivity contribution in [1.29, 1.82) is 10.5 Å². The minimum Gasteiger partial charge on any atom is -0.497 e. The van der Waals surface area contributed by atoms with E-state index in [1.165, 1.54) is 17.3 Å². The third-order valence-corrected chi connectivity index (χ3v) is 5.11. The first kappa shape index (κ1) is 16.4. The lowest BCUT2D eigenvalue weighted by molar-refractivity contribution is 0.415. The van der Waals surface area contributed by atoms with E-state index in [4.69, 9.17) is 15.0 Å². The van der Waals surface area contributed by atoms with Gasteiger partial charge in [0.05, 0.1) is 18.7 Å². The number of fused-ring (bicyclic) bond motifs is 1. The molecule has 1 aromatic heterocycles. The van der Waals surface area contributed by atoms with E-state index >= 15 is 0 Å². The molecular weight excluding hydrogens is 318 g/mol. The summed E-state index contributed by atoms with van der Waals surface area (Å²) < 4.78 is 5.23. The minimum atomic E-state index is 0.451. The van der Waals surface area contributed by atoms with Gasteiger partial charge in [-0.3, -0.25) is 0 Å². The molecule has 0 amide bonds. The van der Waals surface area contributed by atoms with Gasteiger partial charge in [-0.25, -0.2) is 4.98 Å². The highest BCUT2D eigenvalue weighted by molar-refractivity contribution is 7.99. The lowest BCUT2D eigenvalue weighted by Gasteiger charge is -2.14. The summed E-state index contributed by atoms with van der Waals surface area (Å²) in [5, 5.41) is 19.3. The van der Waals surface area contributed by atoms with Crippen molar-refractivity contribution in [2.75, 3.05) is 12.9 Å². The summed E-state index contributed by atoms with van der Waals surface area (Å²) in [6.45, 7) is 0. The van der Waals surface area contributed by atoms with Gasteiger partial charge in [0.1, 0.15) is 16.8 Å². The van der Waals surface area contributed by atoms with Crippen molar-refractivity contribution in [3.05, 3.63) is 41.1 Å². The largest absolute Gasteiger partial charge is 0.497 e. The van der Waals surface area contributed by atoms with Crippen LogP contribution in [0.1, 0.15) is 29.7 Å². The Kier molecular flexibility index (Phi) is 5.03. The van der Waals surface area contributed by atoms with E-state index in [2.05, 4.69) is 12.1 Å². The average Bonchev–Trinajstić information content (AvgIpc) is 3.09. The van der Waals surface area contributed by atoms with Gasteiger partial charge in [-0.1, -0.05) is 12.1 Å². The number of rotatable bonds is 5. The van der Waals surface area contributed by atoms with E-state index in [1.54, 1.807) is 7.11 Å². The molecule has 24 heavy (non-hydrogen) atoms. The highest BCUT2D eigenvalue weighted by Gasteiger charge is 2.24. The van der Waals surface area contributed by atoms with Crippen LogP contribution in [0.15, 0.2) is 29.3 Å². The number of thioether (sulfide) groups is 1. The second-order valence-corrected chi connectivity index (χ2v) is 6.63. The quantitative estimate of drug-likeness (QED) is 0.607. The van der Waals surface area contributed by atoms with Crippen LogP contribution in [0.4, 0.5) is 0 Å². The van der Waals surface area contributed by atoms with Crippen LogP contribution >= 0.6 is 11.8 Å². The fraction of sp³-hybridized carbons (Fsp3) is 0.316. The molecule has 0 saturated heterocycles. The van der Waals surface area contributed by atoms with Gasteiger partial charge in [-0.2, -0.15) is 10.5 Å². The van der Waals surface area contributed by atoms with Crippen molar-refractivity contribution < 1.29 is 4.74 Å². The average molecular weight is 335 g/mol. The SMILES string of the molecule is COc1ccc(-c2c(C#N)c(SCCC#N)nc3c2CCC3)cc1. The number of hydrogen-bond acceptors (Lipinski definition) is 5. The molecule has 5 heteroatoms. The Morgan fingerprint density at radius 2 is 2.00 bits per heavy atom. The molecule has 0 fully saturated rings. The molecule has 0 atom stereocenters. The first-order valence-electron chi connectivity index (χ1n) is 7.88. The van der Waals surface area contributed by atoms with Gasteiger partial charge in [-0.15, -0.1) is 11.8 Å². The van der Waals surface area contributed by atoms with Crippen LogP contribution in [0.2, 0.25) is 0 Å². The van der Waals surface area contributed by atoms with Crippen molar-refractivity contribution in [2.45, 2.75) is 30.7 Å². The molecule has 4 nitrogen and oxygen atoms in total. The van der Waals surface area contributed by atoms with Crippen molar-refractivity contribution in [3.63, 3.8) is 0 Å². The van der Waals surface area contributed by atoms with Gasteiger partial charge in [-0.05, 0) is 42.5 Å². The molecule has 1 aliphatic rings. The summed E-state index contributed by atoms with van der Waals surface area (Å²) in [6.07, 6.45) is 3.44. The molecule has 2 aromatic rings. The summed E-state index contributed by atoms with van der Waals surface area (Å²) in [5.41, 5.74) is 4.95. The molecule has 0 spiro atoms. The van der Waals surface area contributed by atoms with E-state index in [-0.39, 0.29) is 0 Å². The van der Waals surface area contributed by atoms with Gasteiger partial charge in [0, 0.05) is 23.4 Å². The monoisotopic (exact) mass is 335 g/mol. The van der Waals surface area contributed by atoms with Crippen molar-refractivity contribution >= 4 is 11.8 Å². The maximum Gasteiger partial charge on any atom is 0.118 e. The van der Waals surface area contributed by atoms with Crippen LogP contribution in [0, 0.1) is 22.7 Å². The Labute approximate surface area is 146 Å². The minimum absolute atomic E-state index is 0.451. The zero-order valence-corrected chi connectivity index (χ0v) is 14.3. The predicted molar refractivity (Wildman–Crippen MR) is 93.9 cm³/mol. The van der Waals surface area contributed by atoms with Crippen LogP contribution in [-0.2, 0) is 12.8 Å². The van der Waals surface area contributed by atoms with Crippen LogP contribution in [-0.4, -0.2) is 17.8 Å². The summed E-state index contributed by atoms with van der Waals surface area (Å²) in [6, 6.07) is 12.3. The third-order valence-electron chi connectivity index (χ3n) is 4.13. The molecule has 0 radical (unpaired) electrons. The topological polar surface area (TPSA) is 69.7 Å². The fourth-order valence-electron chi connectivity index (χ4n) is 3.03. The van der Waals surface area contributed by atoms with Crippen molar-refractivity contribution in [2.24, 2.45) is 0 Å². The Balaban J connectivity index is 2.12. The third kappa shape index (κ3) is 3.09. The maximum absolute atomic E-state index is 9.76. The molecule has 0 saturated carbocycles. The highest BCUT2D eigenvalue weighted by atomic mass is 32.2. The van der Waals surface area contributed by atoms with E-state index < -0.39 is 0 Å². The smallest absolute Gasteiger partial charge is 0.118 e. The number of methoxy groups -OCH3 is 1. The molecule has 120 valence electrons. The van der Waals surface area contributed by atoms with E-state index in [9.17, 15) is 5.26 Å². The first-order chi connectivity index (χ1) is 11.8. The number of aryl methyl sites for hydroxylation is 1. The standard InChI is InChI=1S/C19H17N3OS/c1-23-14-8-6-13(7-9-14)18-15-4-2-5-17(15)22-19(16(18)12-21)24-11-3-10-20/h6-9H,2-5,11H2,1H3. The van der Waals surface area contributed by atoms with Gasteiger partial charge in [0.15, 0.2) is 0 Å². The van der Waals surface area contributed by atoms with E-state index in [1.807, 2.05) is 24.3 Å². The van der Waals surface area contributed by atoms with Gasteiger partial charge in [0.25, 0.3) is 0 Å². The van der Waals surface area contributed by atoms with Crippen molar-refractivity contribution in [1.82, 2.24) is 4.98 Å². The summed E-state index contributed by atoms with van der Waals surface area (Å²) in [4.78, 5) is 4.72. The molecule has 0 bridgehead atoms. The maximum atomic E-state index is 9.76. The molecule has 0 aliphatic heterocycles. The molecule has 1 aromatic carbocycles. The number of nitriles is 2. The molecule has 1 aliphatic carbocycles. The molecular formula is C19H17N3OS. The normalized spacial score (nSPS) is 12.3. The first-order valence-corrected chi connectivity index (χ1v) is 8.87. The zero-order chi connectivity index (χ0) is 16.9. The van der Waals surface area contributed by atoms with Crippen LogP contribution in [0.5, 0.6) is 5.75 Å². The Morgan fingerprint density at radius 3 is 2.67 bits per heavy atom. The molecule has 3 rings (SSSR count). The lowest BCUT2D eigenvalue weighted by Crippen LogP contribution is -2.01. The number of ether oxygens (including phenoxy) is 1. The predicted octanol–water partition coefficient (Wildman–Crippen LogP) is 4.12. The number of benzene rings is 1. The van der Waals surface area contributed by atoms with Crippen LogP contribution < -0.4 is 4.74 Å². The Hall–Kier alpha value is -2.50. The van der Waals surface area contributed by atoms with Crippen LogP contribution in [0.3, 0.4) is 0 Å². The Morgan fingerprint density at radius 1 is 1.21 bits per heavy atom. The Bertz CT molecular complexity index is 832. The summed E-state index contributed by atoms with van der Waals surface area (Å²) in [5.74, 6) is 1.45. The zero-order valence-electron chi connectivity index (χ0n) is 13.5. The van der Waals surface area contributed by atoms with Gasteiger partial charge >= 0.3 is 0 Å². The van der Waals surface area contributed by atoms with Gasteiger partial charge in [0.2, 0.25) is 0 Å².